The molecule has 3 fully saturated rings. The molecule has 3 rings (SSSR count). The summed E-state index contributed by atoms with van der Waals surface area (Å²) < 4.78 is 5.65. The van der Waals surface area contributed by atoms with Crippen LogP contribution in [0.4, 0.5) is 0 Å². The Morgan fingerprint density at radius 2 is 1.53 bits per heavy atom. The molecule has 0 aromatic rings. The van der Waals surface area contributed by atoms with E-state index in [9.17, 15) is 4.79 Å². The number of ether oxygens (including phenoxy) is 1. The van der Waals surface area contributed by atoms with Crippen molar-refractivity contribution in [3.8, 4) is 0 Å². The summed E-state index contributed by atoms with van der Waals surface area (Å²) in [6.07, 6.45) is 9.54. The molecule has 2 atom stereocenters. The van der Waals surface area contributed by atoms with Crippen molar-refractivity contribution in [2.45, 2.75) is 63.5 Å². The van der Waals surface area contributed by atoms with E-state index in [0.717, 1.165) is 38.9 Å². The molecule has 0 aromatic heterocycles. The van der Waals surface area contributed by atoms with E-state index in [-0.39, 0.29) is 0 Å². The van der Waals surface area contributed by atoms with Crippen LogP contribution in [0.3, 0.4) is 0 Å². The molecule has 2 heterocycles. The maximum absolute atomic E-state index is 12.8. The van der Waals surface area contributed by atoms with Crippen LogP contribution in [0.2, 0.25) is 0 Å². The van der Waals surface area contributed by atoms with Crippen LogP contribution < -0.4 is 0 Å². The quantitative estimate of drug-likeness (QED) is 0.719. The Labute approximate surface area is 116 Å². The molecule has 2 bridgehead atoms. The lowest BCUT2D eigenvalue weighted by Crippen LogP contribution is -2.56. The van der Waals surface area contributed by atoms with Crippen LogP contribution in [-0.2, 0) is 9.53 Å². The molecule has 0 spiro atoms. The number of piperidine rings is 1. The van der Waals surface area contributed by atoms with Crippen molar-refractivity contribution >= 4 is 5.78 Å². The van der Waals surface area contributed by atoms with E-state index < -0.39 is 0 Å². The molecule has 1 aliphatic carbocycles. The number of fused-ring (bicyclic) bond motifs is 2. The molecule has 3 heteroatoms. The number of rotatable bonds is 2. The summed E-state index contributed by atoms with van der Waals surface area (Å²) in [5.41, 5.74) is 0. The van der Waals surface area contributed by atoms with Crippen molar-refractivity contribution in [2.75, 3.05) is 20.3 Å². The smallest absolute Gasteiger partial charge is 0.139 e. The van der Waals surface area contributed by atoms with Crippen LogP contribution in [0.15, 0.2) is 0 Å². The lowest BCUT2D eigenvalue weighted by atomic mass is 9.77. The van der Waals surface area contributed by atoms with Crippen LogP contribution in [-0.4, -0.2) is 43.0 Å². The Hall–Kier alpha value is -0.410. The number of likely N-dealkylation sites (N-methyl/N-ethyl adjacent to an activating group) is 1. The van der Waals surface area contributed by atoms with E-state index in [1.54, 1.807) is 0 Å². The molecule has 0 aromatic carbocycles. The van der Waals surface area contributed by atoms with Gasteiger partial charge in [-0.3, -0.25) is 9.69 Å². The Bertz CT molecular complexity index is 309. The summed E-state index contributed by atoms with van der Waals surface area (Å²) in [5, 5.41) is 0. The first-order valence-electron chi connectivity index (χ1n) is 8.09. The summed E-state index contributed by atoms with van der Waals surface area (Å²) in [6, 6.07) is 0.958. The maximum Gasteiger partial charge on any atom is 0.139 e. The molecule has 1 saturated carbocycles. The molecule has 108 valence electrons. The Morgan fingerprint density at radius 1 is 0.947 bits per heavy atom. The number of morpholine rings is 1. The van der Waals surface area contributed by atoms with Crippen LogP contribution in [0.1, 0.15) is 51.4 Å². The van der Waals surface area contributed by atoms with E-state index in [4.69, 9.17) is 4.74 Å². The highest BCUT2D eigenvalue weighted by Gasteiger charge is 2.40. The van der Waals surface area contributed by atoms with Crippen LogP contribution >= 0.6 is 0 Å². The van der Waals surface area contributed by atoms with E-state index >= 15 is 0 Å². The largest absolute Gasteiger partial charge is 0.378 e. The summed E-state index contributed by atoms with van der Waals surface area (Å²) >= 11 is 0. The molecule has 3 aliphatic rings. The maximum atomic E-state index is 12.8. The fourth-order valence-electron chi connectivity index (χ4n) is 4.22. The van der Waals surface area contributed by atoms with Gasteiger partial charge >= 0.3 is 0 Å². The third-order valence-corrected chi connectivity index (χ3v) is 5.55. The minimum Gasteiger partial charge on any atom is -0.378 e. The number of hydrogen-bond acceptors (Lipinski definition) is 3. The minimum atomic E-state index is 0.318. The molecule has 0 radical (unpaired) electrons. The average Bonchev–Trinajstić information content (AvgIpc) is 2.66. The van der Waals surface area contributed by atoms with Gasteiger partial charge in [0.05, 0.1) is 13.2 Å². The number of Topliss-reactive ketones (excluding diaryl/α,β-unsaturated/α-hetero) is 1. The Kier molecular flexibility index (Phi) is 4.23. The molecule has 2 aliphatic heterocycles. The predicted molar refractivity (Wildman–Crippen MR) is 75.1 cm³/mol. The lowest BCUT2D eigenvalue weighted by molar-refractivity contribution is -0.135. The van der Waals surface area contributed by atoms with Gasteiger partial charge in [0.2, 0.25) is 0 Å². The summed E-state index contributed by atoms with van der Waals surface area (Å²) in [5.74, 6) is 1.28. The van der Waals surface area contributed by atoms with E-state index in [1.165, 1.54) is 25.7 Å². The predicted octanol–water partition coefficient (Wildman–Crippen LogP) is 2.64. The highest BCUT2D eigenvalue weighted by molar-refractivity contribution is 5.83. The molecule has 0 amide bonds. The first-order chi connectivity index (χ1) is 9.25. The van der Waals surface area contributed by atoms with Gasteiger partial charge in [0.15, 0.2) is 0 Å². The number of carbonyl (C=O) groups is 1. The van der Waals surface area contributed by atoms with E-state index in [0.29, 0.717) is 29.7 Å². The second kappa shape index (κ2) is 5.92. The third kappa shape index (κ3) is 2.87. The topological polar surface area (TPSA) is 29.5 Å². The molecule has 3 nitrogen and oxygen atoms in total. The van der Waals surface area contributed by atoms with E-state index in [2.05, 4.69) is 11.9 Å². The zero-order valence-electron chi connectivity index (χ0n) is 12.1. The molecule has 0 N–H and O–H groups in total. The zero-order valence-corrected chi connectivity index (χ0v) is 12.1. The average molecular weight is 265 g/mol. The molecule has 2 unspecified atom stereocenters. The van der Waals surface area contributed by atoms with Gasteiger partial charge in [-0.2, -0.15) is 0 Å². The van der Waals surface area contributed by atoms with Crippen LogP contribution in [0, 0.1) is 11.8 Å². The van der Waals surface area contributed by atoms with Gasteiger partial charge in [0, 0.05) is 23.9 Å². The minimum absolute atomic E-state index is 0.318. The monoisotopic (exact) mass is 265 g/mol. The number of nitrogens with zero attached hydrogens (tertiary/aromatic N) is 1. The Morgan fingerprint density at radius 3 is 2.11 bits per heavy atom. The van der Waals surface area contributed by atoms with Gasteiger partial charge in [-0.1, -0.05) is 25.7 Å². The van der Waals surface area contributed by atoms with Gasteiger partial charge in [0.25, 0.3) is 0 Å². The van der Waals surface area contributed by atoms with Crippen molar-refractivity contribution in [3.05, 3.63) is 0 Å². The second-order valence-corrected chi connectivity index (χ2v) is 6.77. The van der Waals surface area contributed by atoms with Crippen molar-refractivity contribution in [1.82, 2.24) is 4.90 Å². The van der Waals surface area contributed by atoms with Gasteiger partial charge < -0.3 is 4.74 Å². The number of ketones is 1. The zero-order chi connectivity index (χ0) is 13.2. The van der Waals surface area contributed by atoms with Gasteiger partial charge in [-0.25, -0.2) is 0 Å². The Balaban J connectivity index is 1.63. The molecular formula is C16H27NO2. The van der Waals surface area contributed by atoms with E-state index in [1.807, 2.05) is 0 Å². The normalized spacial score (nSPS) is 37.8. The van der Waals surface area contributed by atoms with Crippen LogP contribution in [0.25, 0.3) is 0 Å². The fourth-order valence-corrected chi connectivity index (χ4v) is 4.22. The number of hydrogen-bond donors (Lipinski definition) is 0. The summed E-state index contributed by atoms with van der Waals surface area (Å²) in [4.78, 5) is 15.2. The van der Waals surface area contributed by atoms with Crippen molar-refractivity contribution < 1.29 is 9.53 Å². The van der Waals surface area contributed by atoms with Crippen molar-refractivity contribution in [1.29, 1.82) is 0 Å². The SMILES string of the molecule is CN1C2COCC1CC(C(=O)C1CCCCCC1)C2. The number of carbonyl (C=O) groups excluding carboxylic acids is 1. The van der Waals surface area contributed by atoms with Crippen molar-refractivity contribution in [3.63, 3.8) is 0 Å². The summed E-state index contributed by atoms with van der Waals surface area (Å²) in [7, 11) is 2.20. The molecular weight excluding hydrogens is 238 g/mol. The lowest BCUT2D eigenvalue weighted by Gasteiger charge is -2.46. The van der Waals surface area contributed by atoms with Gasteiger partial charge in [0.1, 0.15) is 5.78 Å². The standard InChI is InChI=1S/C16H27NO2/c1-17-14-8-13(9-15(17)11-19-10-14)16(18)12-6-4-2-3-5-7-12/h12-15H,2-11H2,1H3. The molecule has 19 heavy (non-hydrogen) atoms. The third-order valence-electron chi connectivity index (χ3n) is 5.55. The van der Waals surface area contributed by atoms with Crippen LogP contribution in [0.5, 0.6) is 0 Å². The molecule has 2 saturated heterocycles. The highest BCUT2D eigenvalue weighted by Crippen LogP contribution is 2.35. The highest BCUT2D eigenvalue weighted by atomic mass is 16.5. The second-order valence-electron chi connectivity index (χ2n) is 6.77. The first kappa shape index (κ1) is 13.6. The fraction of sp³-hybridized carbons (Fsp3) is 0.938. The first-order valence-corrected chi connectivity index (χ1v) is 8.09. The summed E-state index contributed by atoms with van der Waals surface area (Å²) in [6.45, 7) is 1.64. The van der Waals surface area contributed by atoms with Crippen molar-refractivity contribution in [2.24, 2.45) is 11.8 Å². The van der Waals surface area contributed by atoms with Gasteiger partial charge in [-0.05, 0) is 32.7 Å². The van der Waals surface area contributed by atoms with Gasteiger partial charge in [-0.15, -0.1) is 0 Å².